The molecule has 1 aromatic carbocycles. The van der Waals surface area contributed by atoms with Gasteiger partial charge in [0.05, 0.1) is 10.9 Å². The molecule has 3 rings (SSSR count). The molecule has 3 aromatic rings. The van der Waals surface area contributed by atoms with Crippen LogP contribution in [-0.4, -0.2) is 64.6 Å². The monoisotopic (exact) mass is 552 g/mol. The molecule has 0 bridgehead atoms. The van der Waals surface area contributed by atoms with Crippen LogP contribution in [0.15, 0.2) is 45.7 Å². The van der Waals surface area contributed by atoms with Crippen LogP contribution in [0.4, 0.5) is 16.5 Å². The first-order chi connectivity index (χ1) is 18.8. The van der Waals surface area contributed by atoms with Crippen molar-refractivity contribution in [1.29, 1.82) is 0 Å². The topological polar surface area (TPSA) is 156 Å². The maximum atomic E-state index is 12.8. The van der Waals surface area contributed by atoms with E-state index >= 15 is 0 Å². The van der Waals surface area contributed by atoms with Crippen LogP contribution in [0, 0.1) is 6.92 Å². The highest BCUT2D eigenvalue weighted by atomic mass is 16.6. The molecule has 1 atom stereocenters. The first-order valence-electron chi connectivity index (χ1n) is 13.0. The number of benzene rings is 1. The smallest absolute Gasteiger partial charge is 0.407 e. The highest BCUT2D eigenvalue weighted by molar-refractivity contribution is 5.96. The number of hydrogen-bond donors (Lipinski definition) is 3. The summed E-state index contributed by atoms with van der Waals surface area (Å²) >= 11 is 0. The number of likely N-dealkylation sites (N-methyl/N-ethyl adjacent to an activating group) is 1. The molecule has 3 N–H and O–H groups in total. The van der Waals surface area contributed by atoms with Gasteiger partial charge < -0.3 is 30.0 Å². The van der Waals surface area contributed by atoms with Crippen LogP contribution < -0.4 is 21.6 Å². The van der Waals surface area contributed by atoms with Gasteiger partial charge in [0.25, 0.3) is 6.01 Å². The number of ether oxygens (including phenoxy) is 1. The number of alkyl carbamates (subject to hydrolysis) is 1. The summed E-state index contributed by atoms with van der Waals surface area (Å²) in [7, 11) is 1.69. The van der Waals surface area contributed by atoms with Gasteiger partial charge in [-0.3, -0.25) is 14.6 Å². The Kier molecular flexibility index (Phi) is 9.81. The average molecular weight is 553 g/mol. The van der Waals surface area contributed by atoms with Crippen molar-refractivity contribution in [2.24, 2.45) is 0 Å². The van der Waals surface area contributed by atoms with Crippen molar-refractivity contribution in [1.82, 2.24) is 20.2 Å². The van der Waals surface area contributed by atoms with Gasteiger partial charge in [0, 0.05) is 50.6 Å². The summed E-state index contributed by atoms with van der Waals surface area (Å²) in [6.45, 7) is 9.13. The van der Waals surface area contributed by atoms with Crippen LogP contribution in [0.3, 0.4) is 0 Å². The Hall–Kier alpha value is -4.48. The third-order valence-electron chi connectivity index (χ3n) is 5.87. The van der Waals surface area contributed by atoms with Crippen LogP contribution in [0.5, 0.6) is 0 Å². The van der Waals surface area contributed by atoms with Crippen molar-refractivity contribution < 1.29 is 23.5 Å². The molecule has 0 aliphatic carbocycles. The number of nitrogens with zero attached hydrogens (tertiary/aromatic N) is 3. The molecule has 0 radical (unpaired) electrons. The van der Waals surface area contributed by atoms with E-state index in [0.717, 1.165) is 5.69 Å². The van der Waals surface area contributed by atoms with E-state index in [2.05, 4.69) is 25.9 Å². The standard InChI is InChI=1S/C28H36N6O6/c1-17-20(32-22(35)12-15-30-27(38)40-28(3,4)5)10-11-21-23(17)25(37)39-26(33-21)31-18(2)24(36)34(6)16-13-19-9-7-8-14-29-19/h7-11,14,18H,12-13,15-16H2,1-6H3,(H,30,38)(H,31,33)(H,32,35)/t18-/m1/s1. The van der Waals surface area contributed by atoms with Crippen molar-refractivity contribution in [3.8, 4) is 0 Å². The van der Waals surface area contributed by atoms with Gasteiger partial charge in [-0.05, 0) is 64.4 Å². The number of fused-ring (bicyclic) bond motifs is 1. The SMILES string of the molecule is Cc1c(NC(=O)CCNC(=O)OC(C)(C)C)ccc2nc(N[C@H](C)C(=O)N(C)CCc3ccccn3)oc(=O)c12. The van der Waals surface area contributed by atoms with E-state index in [1.165, 1.54) is 0 Å². The summed E-state index contributed by atoms with van der Waals surface area (Å²) < 4.78 is 10.5. The van der Waals surface area contributed by atoms with E-state index in [1.54, 1.807) is 64.9 Å². The van der Waals surface area contributed by atoms with Gasteiger partial charge in [0.1, 0.15) is 11.6 Å². The lowest BCUT2D eigenvalue weighted by Crippen LogP contribution is -2.40. The minimum Gasteiger partial charge on any atom is -0.444 e. The maximum absolute atomic E-state index is 12.8. The number of anilines is 2. The van der Waals surface area contributed by atoms with E-state index in [0.29, 0.717) is 29.7 Å². The molecule has 12 heteroatoms. The quantitative estimate of drug-likeness (QED) is 0.344. The normalized spacial score (nSPS) is 11.9. The Bertz CT molecular complexity index is 1420. The first-order valence-corrected chi connectivity index (χ1v) is 13.0. The molecule has 0 aliphatic rings. The van der Waals surface area contributed by atoms with Gasteiger partial charge in [-0.25, -0.2) is 9.59 Å². The van der Waals surface area contributed by atoms with Crippen LogP contribution in [0.25, 0.3) is 10.9 Å². The molecule has 12 nitrogen and oxygen atoms in total. The zero-order valence-electron chi connectivity index (χ0n) is 23.7. The number of pyridine rings is 1. The highest BCUT2D eigenvalue weighted by Gasteiger charge is 2.21. The zero-order chi connectivity index (χ0) is 29.4. The number of hydrogen-bond acceptors (Lipinski definition) is 9. The molecule has 0 saturated heterocycles. The predicted octanol–water partition coefficient (Wildman–Crippen LogP) is 3.25. The second-order valence-corrected chi connectivity index (χ2v) is 10.4. The summed E-state index contributed by atoms with van der Waals surface area (Å²) in [4.78, 5) is 60.0. The van der Waals surface area contributed by atoms with E-state index < -0.39 is 23.4 Å². The van der Waals surface area contributed by atoms with Crippen LogP contribution in [-0.2, 0) is 20.7 Å². The molecule has 0 spiro atoms. The molecule has 0 fully saturated rings. The minimum absolute atomic E-state index is 0.00859. The first kappa shape index (κ1) is 30.1. The average Bonchev–Trinajstić information content (AvgIpc) is 2.87. The van der Waals surface area contributed by atoms with Crippen LogP contribution in [0.1, 0.15) is 45.4 Å². The molecule has 2 heterocycles. The summed E-state index contributed by atoms with van der Waals surface area (Å²) in [5.41, 5.74) is 0.844. The fourth-order valence-electron chi connectivity index (χ4n) is 3.84. The maximum Gasteiger partial charge on any atom is 0.407 e. The van der Waals surface area contributed by atoms with Gasteiger partial charge in [-0.2, -0.15) is 4.98 Å². The van der Waals surface area contributed by atoms with Crippen molar-refractivity contribution >= 4 is 40.5 Å². The molecule has 40 heavy (non-hydrogen) atoms. The number of amides is 3. The minimum atomic E-state index is -0.698. The van der Waals surface area contributed by atoms with Crippen molar-refractivity contribution in [2.45, 2.75) is 59.1 Å². The van der Waals surface area contributed by atoms with Crippen molar-refractivity contribution in [2.75, 3.05) is 30.8 Å². The van der Waals surface area contributed by atoms with Gasteiger partial charge >= 0.3 is 11.7 Å². The van der Waals surface area contributed by atoms with Gasteiger partial charge in [-0.1, -0.05) is 6.07 Å². The fourth-order valence-corrected chi connectivity index (χ4v) is 3.84. The fraction of sp³-hybridized carbons (Fsp3) is 0.429. The lowest BCUT2D eigenvalue weighted by atomic mass is 10.1. The molecule has 0 unspecified atom stereocenters. The summed E-state index contributed by atoms with van der Waals surface area (Å²) in [5, 5.41) is 8.34. The van der Waals surface area contributed by atoms with E-state index in [4.69, 9.17) is 9.15 Å². The van der Waals surface area contributed by atoms with Crippen LogP contribution in [0.2, 0.25) is 0 Å². The molecule has 3 amide bonds. The number of carbonyl (C=O) groups is 3. The molecule has 2 aromatic heterocycles. The van der Waals surface area contributed by atoms with Crippen molar-refractivity contribution in [3.63, 3.8) is 0 Å². The Morgan fingerprint density at radius 2 is 1.90 bits per heavy atom. The van der Waals surface area contributed by atoms with E-state index in [1.807, 2.05) is 18.2 Å². The lowest BCUT2D eigenvalue weighted by Gasteiger charge is -2.21. The Morgan fingerprint density at radius 1 is 1.15 bits per heavy atom. The Balaban J connectivity index is 1.61. The zero-order valence-corrected chi connectivity index (χ0v) is 23.7. The van der Waals surface area contributed by atoms with E-state index in [9.17, 15) is 19.2 Å². The largest absolute Gasteiger partial charge is 0.444 e. The van der Waals surface area contributed by atoms with Crippen LogP contribution >= 0.6 is 0 Å². The van der Waals surface area contributed by atoms with Gasteiger partial charge in [0.2, 0.25) is 11.8 Å². The molecular weight excluding hydrogens is 516 g/mol. The number of aryl methyl sites for hydroxylation is 1. The highest BCUT2D eigenvalue weighted by Crippen LogP contribution is 2.23. The third kappa shape index (κ3) is 8.52. The van der Waals surface area contributed by atoms with E-state index in [-0.39, 0.29) is 36.2 Å². The summed E-state index contributed by atoms with van der Waals surface area (Å²) in [6, 6.07) is 8.07. The summed E-state index contributed by atoms with van der Waals surface area (Å²) in [5.74, 6) is -0.551. The number of aromatic nitrogens is 2. The Morgan fingerprint density at radius 3 is 2.58 bits per heavy atom. The predicted molar refractivity (Wildman–Crippen MR) is 151 cm³/mol. The van der Waals surface area contributed by atoms with Gasteiger partial charge in [-0.15, -0.1) is 0 Å². The summed E-state index contributed by atoms with van der Waals surface area (Å²) in [6.07, 6.45) is 1.72. The molecule has 0 aliphatic heterocycles. The number of carbonyl (C=O) groups excluding carboxylic acids is 3. The lowest BCUT2D eigenvalue weighted by molar-refractivity contribution is -0.130. The Labute approximate surface area is 232 Å². The number of rotatable bonds is 10. The van der Waals surface area contributed by atoms with Gasteiger partial charge in [0.15, 0.2) is 0 Å². The molecule has 0 saturated carbocycles. The second-order valence-electron chi connectivity index (χ2n) is 10.4. The second kappa shape index (κ2) is 13.0. The molecular formula is C28H36N6O6. The van der Waals surface area contributed by atoms with Crippen molar-refractivity contribution in [3.05, 3.63) is 58.2 Å². The third-order valence-corrected chi connectivity index (χ3v) is 5.87. The number of nitrogens with one attached hydrogen (secondary N) is 3. The molecule has 214 valence electrons.